The summed E-state index contributed by atoms with van der Waals surface area (Å²) in [6.07, 6.45) is 5.69. The molecule has 0 saturated carbocycles. The minimum atomic E-state index is -0.0676. The van der Waals surface area contributed by atoms with Crippen molar-refractivity contribution in [1.82, 2.24) is 14.5 Å². The Morgan fingerprint density at radius 2 is 2.06 bits per heavy atom. The summed E-state index contributed by atoms with van der Waals surface area (Å²) >= 11 is 0. The predicted molar refractivity (Wildman–Crippen MR) is 116 cm³/mol. The van der Waals surface area contributed by atoms with E-state index in [0.29, 0.717) is 24.5 Å². The number of quaternary nitrogens is 1. The summed E-state index contributed by atoms with van der Waals surface area (Å²) in [4.78, 5) is 24.9. The van der Waals surface area contributed by atoms with Crippen LogP contribution in [0.1, 0.15) is 29.7 Å². The molecule has 9 nitrogen and oxygen atoms in total. The Balaban J connectivity index is 1.39. The van der Waals surface area contributed by atoms with Gasteiger partial charge >= 0.3 is 0 Å². The molecule has 2 fully saturated rings. The Labute approximate surface area is 182 Å². The molecule has 4 rings (SSSR count). The highest BCUT2D eigenvalue weighted by molar-refractivity contribution is 5.92. The van der Waals surface area contributed by atoms with Crippen molar-refractivity contribution >= 4 is 17.7 Å². The maximum atomic E-state index is 12.9. The minimum Gasteiger partial charge on any atom is -0.376 e. The summed E-state index contributed by atoms with van der Waals surface area (Å²) in [6.45, 7) is 9.04. The lowest BCUT2D eigenvalue weighted by atomic mass is 10.2. The number of aromatic nitrogens is 3. The van der Waals surface area contributed by atoms with Crippen molar-refractivity contribution in [2.24, 2.45) is 0 Å². The second kappa shape index (κ2) is 9.45. The van der Waals surface area contributed by atoms with Crippen molar-refractivity contribution in [2.75, 3.05) is 49.5 Å². The van der Waals surface area contributed by atoms with Crippen LogP contribution in [-0.2, 0) is 16.1 Å². The average molecular weight is 425 g/mol. The highest BCUT2D eigenvalue weighted by Gasteiger charge is 2.27. The van der Waals surface area contributed by atoms with Gasteiger partial charge in [0.1, 0.15) is 11.9 Å². The fourth-order valence-electron chi connectivity index (χ4n) is 4.41. The minimum absolute atomic E-state index is 0.0676. The zero-order chi connectivity index (χ0) is 21.8. The molecule has 2 saturated heterocycles. The molecule has 2 aliphatic rings. The van der Waals surface area contributed by atoms with E-state index >= 15 is 0 Å². The van der Waals surface area contributed by atoms with Gasteiger partial charge in [-0.15, -0.1) is 0 Å². The van der Waals surface area contributed by atoms with Gasteiger partial charge in [0, 0.05) is 24.7 Å². The summed E-state index contributed by atoms with van der Waals surface area (Å²) in [6, 6.07) is 4.09. The van der Waals surface area contributed by atoms with Crippen LogP contribution < -0.4 is 15.1 Å². The van der Waals surface area contributed by atoms with E-state index in [4.69, 9.17) is 4.74 Å². The Morgan fingerprint density at radius 3 is 2.71 bits per heavy atom. The predicted octanol–water partition coefficient (Wildman–Crippen LogP) is 0.289. The number of anilines is 2. The van der Waals surface area contributed by atoms with Crippen LogP contribution in [0.25, 0.3) is 0 Å². The van der Waals surface area contributed by atoms with Gasteiger partial charge in [0.2, 0.25) is 5.95 Å². The monoisotopic (exact) mass is 424 g/mol. The molecular formula is C22H30N7O2+. The highest BCUT2D eigenvalue weighted by atomic mass is 16.5. The number of rotatable bonds is 6. The van der Waals surface area contributed by atoms with Crippen LogP contribution in [0.3, 0.4) is 0 Å². The van der Waals surface area contributed by atoms with Gasteiger partial charge in [0.25, 0.3) is 5.91 Å². The fourth-order valence-corrected chi connectivity index (χ4v) is 4.41. The fraction of sp³-hybridized carbons (Fsp3) is 0.545. The van der Waals surface area contributed by atoms with Crippen LogP contribution in [0, 0.1) is 25.2 Å². The molecule has 2 aromatic rings. The summed E-state index contributed by atoms with van der Waals surface area (Å²) in [5, 5.41) is 12.7. The molecule has 2 N–H and O–H groups in total. The lowest BCUT2D eigenvalue weighted by Gasteiger charge is -2.31. The van der Waals surface area contributed by atoms with Crippen LogP contribution in [0.5, 0.6) is 0 Å². The molecule has 0 radical (unpaired) electrons. The van der Waals surface area contributed by atoms with E-state index in [1.807, 2.05) is 24.5 Å². The molecule has 9 heteroatoms. The molecule has 1 atom stereocenters. The summed E-state index contributed by atoms with van der Waals surface area (Å²) in [5.41, 5.74) is 2.47. The van der Waals surface area contributed by atoms with E-state index in [0.717, 1.165) is 62.8 Å². The Hall–Kier alpha value is -2.96. The zero-order valence-corrected chi connectivity index (χ0v) is 18.2. The van der Waals surface area contributed by atoms with Crippen LogP contribution in [-0.4, -0.2) is 65.9 Å². The van der Waals surface area contributed by atoms with E-state index in [1.165, 1.54) is 4.90 Å². The summed E-state index contributed by atoms with van der Waals surface area (Å²) < 4.78 is 7.83. The van der Waals surface area contributed by atoms with Crippen molar-refractivity contribution in [3.05, 3.63) is 35.3 Å². The van der Waals surface area contributed by atoms with Crippen LogP contribution in [0.4, 0.5) is 11.8 Å². The molecule has 0 aromatic carbocycles. The normalized spacial score (nSPS) is 19.4. The maximum Gasteiger partial charge on any atom is 0.280 e. The molecule has 0 aliphatic carbocycles. The molecule has 2 aromatic heterocycles. The summed E-state index contributed by atoms with van der Waals surface area (Å²) in [5.74, 6) is 1.28. The lowest BCUT2D eigenvalue weighted by Crippen LogP contribution is -3.15. The molecular weight excluding hydrogens is 394 g/mol. The SMILES string of the molecule is Cc1c(C#N)c(NC(=O)C[NH+]2CCN(c3ncccn3)CC2)n(C[C@@H]2CCCO2)c1C. The third-order valence-electron chi connectivity index (χ3n) is 6.33. The van der Waals surface area contributed by atoms with Crippen LogP contribution >= 0.6 is 0 Å². The number of piperazine rings is 1. The van der Waals surface area contributed by atoms with Crippen LogP contribution in [0.2, 0.25) is 0 Å². The van der Waals surface area contributed by atoms with E-state index in [-0.39, 0.29) is 12.0 Å². The number of nitrogens with one attached hydrogen (secondary N) is 2. The van der Waals surface area contributed by atoms with Gasteiger partial charge < -0.3 is 24.4 Å². The Morgan fingerprint density at radius 1 is 1.32 bits per heavy atom. The van der Waals surface area contributed by atoms with Crippen molar-refractivity contribution in [2.45, 2.75) is 39.3 Å². The Bertz CT molecular complexity index is 952. The third-order valence-corrected chi connectivity index (χ3v) is 6.33. The number of ether oxygens (including phenoxy) is 1. The van der Waals surface area contributed by atoms with Gasteiger partial charge in [0.15, 0.2) is 6.54 Å². The number of nitrogens with zero attached hydrogens (tertiary/aromatic N) is 5. The number of amides is 1. The maximum absolute atomic E-state index is 12.9. The second-order valence-electron chi connectivity index (χ2n) is 8.30. The van der Waals surface area contributed by atoms with Crippen molar-refractivity contribution in [3.8, 4) is 6.07 Å². The topological polar surface area (TPSA) is 101 Å². The molecule has 0 bridgehead atoms. The Kier molecular flexibility index (Phi) is 6.49. The van der Waals surface area contributed by atoms with Crippen molar-refractivity contribution in [1.29, 1.82) is 5.26 Å². The van der Waals surface area contributed by atoms with E-state index in [9.17, 15) is 10.1 Å². The first-order valence-corrected chi connectivity index (χ1v) is 10.9. The first-order valence-electron chi connectivity index (χ1n) is 10.9. The average Bonchev–Trinajstić information content (AvgIpc) is 3.38. The van der Waals surface area contributed by atoms with Gasteiger partial charge in [-0.3, -0.25) is 4.79 Å². The van der Waals surface area contributed by atoms with Crippen molar-refractivity contribution in [3.63, 3.8) is 0 Å². The number of hydrogen-bond acceptors (Lipinski definition) is 6. The first kappa shape index (κ1) is 21.3. The number of carbonyl (C=O) groups excluding carboxylic acids is 1. The van der Waals surface area contributed by atoms with E-state index in [2.05, 4.69) is 26.3 Å². The van der Waals surface area contributed by atoms with Gasteiger partial charge in [-0.1, -0.05) is 0 Å². The molecule has 4 heterocycles. The van der Waals surface area contributed by atoms with E-state index < -0.39 is 0 Å². The van der Waals surface area contributed by atoms with Gasteiger partial charge in [-0.05, 0) is 38.3 Å². The first-order chi connectivity index (χ1) is 15.1. The number of nitriles is 1. The molecule has 0 spiro atoms. The van der Waals surface area contributed by atoms with Gasteiger partial charge in [-0.25, -0.2) is 9.97 Å². The van der Waals surface area contributed by atoms with Gasteiger partial charge in [0.05, 0.1) is 44.4 Å². The zero-order valence-electron chi connectivity index (χ0n) is 18.2. The molecule has 1 amide bonds. The van der Waals surface area contributed by atoms with E-state index in [1.54, 1.807) is 12.4 Å². The lowest BCUT2D eigenvalue weighted by molar-refractivity contribution is -0.892. The molecule has 31 heavy (non-hydrogen) atoms. The van der Waals surface area contributed by atoms with Crippen LogP contribution in [0.15, 0.2) is 18.5 Å². The molecule has 164 valence electrons. The largest absolute Gasteiger partial charge is 0.376 e. The highest BCUT2D eigenvalue weighted by Crippen LogP contribution is 2.28. The third kappa shape index (κ3) is 4.70. The second-order valence-corrected chi connectivity index (χ2v) is 8.30. The smallest absolute Gasteiger partial charge is 0.280 e. The number of carbonyl (C=O) groups is 1. The molecule has 2 aliphatic heterocycles. The number of hydrogen-bond donors (Lipinski definition) is 2. The van der Waals surface area contributed by atoms with Crippen molar-refractivity contribution < 1.29 is 14.4 Å². The quantitative estimate of drug-likeness (QED) is 0.691. The summed E-state index contributed by atoms with van der Waals surface area (Å²) in [7, 11) is 0. The standard InChI is InChI=1S/C22H29N7O2/c1-16-17(2)29(14-18-5-3-12-31-18)21(19(16)13-23)26-20(30)15-27-8-10-28(11-9-27)22-24-6-4-7-25-22/h4,6-7,18H,3,5,8-12,14-15H2,1-2H3,(H,26,30)/p+1/t18-/m0/s1. The van der Waals surface area contributed by atoms with Gasteiger partial charge in [-0.2, -0.15) is 5.26 Å². The molecule has 0 unspecified atom stereocenters.